The number of carbonyl (C=O) groups excluding carboxylic acids is 1. The zero-order valence-electron chi connectivity index (χ0n) is 15.4. The van der Waals surface area contributed by atoms with Crippen LogP contribution in [0.3, 0.4) is 0 Å². The van der Waals surface area contributed by atoms with Crippen LogP contribution in [0.2, 0.25) is 8.67 Å². The van der Waals surface area contributed by atoms with E-state index in [0.29, 0.717) is 38.3 Å². The summed E-state index contributed by atoms with van der Waals surface area (Å²) in [6.45, 7) is 2.84. The molecule has 0 aliphatic heterocycles. The number of carbonyl (C=O) groups is 1. The van der Waals surface area contributed by atoms with Gasteiger partial charge in [0.1, 0.15) is 15.6 Å². The van der Waals surface area contributed by atoms with Crippen molar-refractivity contribution < 1.29 is 9.53 Å². The van der Waals surface area contributed by atoms with Crippen LogP contribution >= 0.6 is 45.9 Å². The molecule has 0 N–H and O–H groups in total. The summed E-state index contributed by atoms with van der Waals surface area (Å²) in [6, 6.07) is 17.2. The average Bonchev–Trinajstić information content (AvgIpc) is 3.30. The molecule has 8 heteroatoms. The standard InChI is InChI=1S/C21H16Cl2N2O2S2/c1-2-27-15-9-6-10-16-18(15)24-21(28-16)25(12-13-7-4-3-5-8-13)20(26)14-11-17(22)29-19(14)23/h3-11H,2,12H2,1H3. The third-order valence-corrected chi connectivity index (χ3v) is 6.75. The summed E-state index contributed by atoms with van der Waals surface area (Å²) in [5.41, 5.74) is 2.11. The smallest absolute Gasteiger partial charge is 0.262 e. The van der Waals surface area contributed by atoms with E-state index in [2.05, 4.69) is 0 Å². The summed E-state index contributed by atoms with van der Waals surface area (Å²) in [6.07, 6.45) is 0. The molecule has 4 aromatic rings. The first-order valence-electron chi connectivity index (χ1n) is 8.89. The molecule has 2 heterocycles. The van der Waals surface area contributed by atoms with E-state index >= 15 is 0 Å². The maximum atomic E-state index is 13.4. The minimum Gasteiger partial charge on any atom is -0.492 e. The summed E-state index contributed by atoms with van der Waals surface area (Å²) < 4.78 is 7.49. The van der Waals surface area contributed by atoms with Gasteiger partial charge in [0, 0.05) is 0 Å². The second-order valence-electron chi connectivity index (χ2n) is 6.15. The van der Waals surface area contributed by atoms with Gasteiger partial charge in [0.15, 0.2) is 5.13 Å². The van der Waals surface area contributed by atoms with Crippen LogP contribution in [0, 0.1) is 0 Å². The van der Waals surface area contributed by atoms with E-state index in [-0.39, 0.29) is 5.91 Å². The molecule has 0 spiro atoms. The van der Waals surface area contributed by atoms with Gasteiger partial charge in [0.2, 0.25) is 0 Å². The third-order valence-electron chi connectivity index (χ3n) is 4.22. The molecule has 4 rings (SSSR count). The molecule has 2 aromatic heterocycles. The van der Waals surface area contributed by atoms with Crippen LogP contribution in [0.4, 0.5) is 5.13 Å². The summed E-state index contributed by atoms with van der Waals surface area (Å²) in [7, 11) is 0. The van der Waals surface area contributed by atoms with Crippen molar-refractivity contribution in [3.63, 3.8) is 0 Å². The Kier molecular flexibility index (Phi) is 6.06. The van der Waals surface area contributed by atoms with Crippen LogP contribution in [-0.4, -0.2) is 17.5 Å². The number of nitrogens with zero attached hydrogens (tertiary/aromatic N) is 2. The first-order valence-corrected chi connectivity index (χ1v) is 11.3. The monoisotopic (exact) mass is 462 g/mol. The summed E-state index contributed by atoms with van der Waals surface area (Å²) in [4.78, 5) is 19.8. The Morgan fingerprint density at radius 1 is 1.10 bits per heavy atom. The predicted molar refractivity (Wildman–Crippen MR) is 122 cm³/mol. The topological polar surface area (TPSA) is 42.4 Å². The van der Waals surface area contributed by atoms with Gasteiger partial charge in [0.05, 0.1) is 27.8 Å². The van der Waals surface area contributed by atoms with Gasteiger partial charge in [0.25, 0.3) is 5.91 Å². The second-order valence-corrected chi connectivity index (χ2v) is 9.44. The molecule has 1 amide bonds. The van der Waals surface area contributed by atoms with E-state index in [1.54, 1.807) is 11.0 Å². The fourth-order valence-electron chi connectivity index (χ4n) is 2.92. The van der Waals surface area contributed by atoms with Gasteiger partial charge in [-0.3, -0.25) is 9.69 Å². The lowest BCUT2D eigenvalue weighted by Crippen LogP contribution is -2.30. The number of thiophene rings is 1. The Morgan fingerprint density at radius 2 is 1.90 bits per heavy atom. The molecule has 0 unspecified atom stereocenters. The van der Waals surface area contributed by atoms with Crippen LogP contribution in [-0.2, 0) is 6.54 Å². The van der Waals surface area contributed by atoms with Crippen LogP contribution in [0.25, 0.3) is 10.2 Å². The molecular formula is C21H16Cl2N2O2S2. The zero-order chi connectivity index (χ0) is 20.4. The Bertz CT molecular complexity index is 1160. The van der Waals surface area contributed by atoms with E-state index in [0.717, 1.165) is 15.8 Å². The Balaban J connectivity index is 1.79. The van der Waals surface area contributed by atoms with Crippen molar-refractivity contribution in [1.82, 2.24) is 4.98 Å². The number of thiazole rings is 1. The van der Waals surface area contributed by atoms with Gasteiger partial charge in [-0.15, -0.1) is 11.3 Å². The van der Waals surface area contributed by atoms with Gasteiger partial charge in [-0.25, -0.2) is 4.98 Å². The number of aromatic nitrogens is 1. The fraction of sp³-hybridized carbons (Fsp3) is 0.143. The molecule has 0 bridgehead atoms. The highest BCUT2D eigenvalue weighted by molar-refractivity contribution is 7.22. The Labute approximate surface area is 186 Å². The summed E-state index contributed by atoms with van der Waals surface area (Å²) in [5.74, 6) is 0.468. The lowest BCUT2D eigenvalue weighted by atomic mass is 10.2. The minimum absolute atomic E-state index is 0.237. The first kappa shape index (κ1) is 20.2. The molecule has 0 radical (unpaired) electrons. The lowest BCUT2D eigenvalue weighted by molar-refractivity contribution is 0.0985. The van der Waals surface area contributed by atoms with Crippen molar-refractivity contribution >= 4 is 67.1 Å². The molecule has 0 aliphatic carbocycles. The van der Waals surface area contributed by atoms with E-state index in [1.807, 2.05) is 55.5 Å². The summed E-state index contributed by atoms with van der Waals surface area (Å²) in [5, 5.41) is 0.583. The Hall–Kier alpha value is -2.12. The third kappa shape index (κ3) is 4.26. The maximum absolute atomic E-state index is 13.4. The fourth-order valence-corrected chi connectivity index (χ4v) is 5.35. The average molecular weight is 463 g/mol. The molecule has 0 aliphatic rings. The molecule has 29 heavy (non-hydrogen) atoms. The van der Waals surface area contributed by atoms with Crippen molar-refractivity contribution in [3.05, 3.63) is 74.4 Å². The van der Waals surface area contributed by atoms with Gasteiger partial charge in [-0.2, -0.15) is 0 Å². The van der Waals surface area contributed by atoms with Gasteiger partial charge in [-0.05, 0) is 30.7 Å². The van der Waals surface area contributed by atoms with Crippen LogP contribution in [0.1, 0.15) is 22.8 Å². The highest BCUT2D eigenvalue weighted by Crippen LogP contribution is 2.37. The number of hydrogen-bond acceptors (Lipinski definition) is 5. The molecule has 0 saturated carbocycles. The van der Waals surface area contributed by atoms with E-state index in [4.69, 9.17) is 32.9 Å². The van der Waals surface area contributed by atoms with E-state index in [9.17, 15) is 4.79 Å². The number of amides is 1. The van der Waals surface area contributed by atoms with Crippen molar-refractivity contribution in [2.45, 2.75) is 13.5 Å². The van der Waals surface area contributed by atoms with Crippen LogP contribution < -0.4 is 9.64 Å². The number of para-hydroxylation sites is 1. The summed E-state index contributed by atoms with van der Waals surface area (Å²) >= 11 is 15.0. The molecule has 0 fully saturated rings. The second kappa shape index (κ2) is 8.71. The SMILES string of the molecule is CCOc1cccc2sc(N(Cc3ccccc3)C(=O)c3cc(Cl)sc3Cl)nc12. The van der Waals surface area contributed by atoms with Gasteiger partial charge < -0.3 is 4.74 Å². The van der Waals surface area contributed by atoms with Crippen molar-refractivity contribution in [3.8, 4) is 5.75 Å². The number of ether oxygens (including phenoxy) is 1. The number of halogens is 2. The molecule has 0 saturated heterocycles. The molecular weight excluding hydrogens is 447 g/mol. The normalized spacial score (nSPS) is 11.0. The van der Waals surface area contributed by atoms with Gasteiger partial charge in [-0.1, -0.05) is 70.9 Å². The molecule has 0 atom stereocenters. The van der Waals surface area contributed by atoms with Crippen molar-refractivity contribution in [2.75, 3.05) is 11.5 Å². The van der Waals surface area contributed by atoms with E-state index in [1.165, 1.54) is 22.7 Å². The number of rotatable bonds is 6. The molecule has 148 valence electrons. The first-order chi connectivity index (χ1) is 14.1. The van der Waals surface area contributed by atoms with E-state index < -0.39 is 0 Å². The molecule has 2 aromatic carbocycles. The quantitative estimate of drug-likeness (QED) is 0.312. The number of fused-ring (bicyclic) bond motifs is 1. The molecule has 4 nitrogen and oxygen atoms in total. The number of benzene rings is 2. The largest absolute Gasteiger partial charge is 0.492 e. The minimum atomic E-state index is -0.237. The number of hydrogen-bond donors (Lipinski definition) is 0. The van der Waals surface area contributed by atoms with Crippen LogP contribution in [0.5, 0.6) is 5.75 Å². The van der Waals surface area contributed by atoms with Crippen molar-refractivity contribution in [1.29, 1.82) is 0 Å². The predicted octanol–water partition coefficient (Wildman–Crippen LogP) is 6.91. The zero-order valence-corrected chi connectivity index (χ0v) is 18.5. The Morgan fingerprint density at radius 3 is 2.59 bits per heavy atom. The highest BCUT2D eigenvalue weighted by atomic mass is 35.5. The van der Waals surface area contributed by atoms with Gasteiger partial charge >= 0.3 is 0 Å². The van der Waals surface area contributed by atoms with Crippen LogP contribution in [0.15, 0.2) is 54.6 Å². The number of anilines is 1. The maximum Gasteiger partial charge on any atom is 0.262 e. The highest BCUT2D eigenvalue weighted by Gasteiger charge is 2.25. The lowest BCUT2D eigenvalue weighted by Gasteiger charge is -2.19. The van der Waals surface area contributed by atoms with Crippen molar-refractivity contribution in [2.24, 2.45) is 0 Å².